The molecule has 0 aromatic heterocycles. The molecule has 0 heterocycles. The summed E-state index contributed by atoms with van der Waals surface area (Å²) >= 11 is 0. The lowest BCUT2D eigenvalue weighted by Gasteiger charge is -2.22. The summed E-state index contributed by atoms with van der Waals surface area (Å²) in [5.74, 6) is -28.0. The van der Waals surface area contributed by atoms with E-state index in [4.69, 9.17) is 0 Å². The van der Waals surface area contributed by atoms with Gasteiger partial charge < -0.3 is 4.74 Å². The van der Waals surface area contributed by atoms with Gasteiger partial charge in [-0.3, -0.25) is 0 Å². The number of alkyl halides is 3. The Balaban J connectivity index is 2.18. The molecule has 0 saturated heterocycles. The predicted octanol–water partition coefficient (Wildman–Crippen LogP) is 9.88. The van der Waals surface area contributed by atoms with E-state index in [0.717, 1.165) is 13.2 Å². The molecule has 0 aliphatic heterocycles. The number of methoxy groups -OCH3 is 1. The highest BCUT2D eigenvalue weighted by atomic mass is 19.4. The van der Waals surface area contributed by atoms with Crippen molar-refractivity contribution in [2.45, 2.75) is 6.18 Å². The average Bonchev–Trinajstić information content (AvgIpc) is 2.93. The molecular weight excluding hydrogens is 618 g/mol. The van der Waals surface area contributed by atoms with Gasteiger partial charge >= 0.3 is 6.18 Å². The summed E-state index contributed by atoms with van der Waals surface area (Å²) in [5.41, 5.74) is -9.85. The summed E-state index contributed by atoms with van der Waals surface area (Å²) in [5, 5.41) is -6.07. The zero-order valence-electron chi connectivity index (χ0n) is 20.6. The van der Waals surface area contributed by atoms with E-state index in [1.807, 2.05) is 0 Å². The van der Waals surface area contributed by atoms with E-state index in [9.17, 15) is 30.7 Å². The lowest BCUT2D eigenvalue weighted by Crippen LogP contribution is -2.16. The van der Waals surface area contributed by atoms with Crippen molar-refractivity contribution >= 4 is 21.5 Å². The van der Waals surface area contributed by atoms with Crippen molar-refractivity contribution in [2.24, 2.45) is 0 Å². The Hall–Kier alpha value is -4.56. The molecule has 1 nitrogen and oxygen atoms in total. The number of hydrogen-bond acceptors (Lipinski definition) is 1. The number of ether oxygens (including phenoxy) is 1. The normalized spacial score (nSPS) is 12.1. The van der Waals surface area contributed by atoms with Crippen molar-refractivity contribution in [3.63, 3.8) is 0 Å². The van der Waals surface area contributed by atoms with Gasteiger partial charge in [-0.2, -0.15) is 13.2 Å². The summed E-state index contributed by atoms with van der Waals surface area (Å²) in [7, 11) is 0.974. The molecule has 5 aromatic carbocycles. The van der Waals surface area contributed by atoms with Crippen LogP contribution in [0.5, 0.6) is 5.75 Å². The van der Waals surface area contributed by atoms with Gasteiger partial charge in [0.25, 0.3) is 0 Å². The topological polar surface area (TPSA) is 9.23 Å². The first-order valence-corrected chi connectivity index (χ1v) is 11.4. The largest absolute Gasteiger partial charge is 0.497 e. The molecule has 0 spiro atoms. The Morgan fingerprint density at radius 3 is 1.44 bits per heavy atom. The van der Waals surface area contributed by atoms with E-state index in [1.54, 1.807) is 0 Å². The monoisotopic (exact) mass is 626 g/mol. The third-order valence-corrected chi connectivity index (χ3v) is 6.60. The minimum atomic E-state index is -6.05. The van der Waals surface area contributed by atoms with E-state index < -0.39 is 125 Å². The maximum Gasteiger partial charge on any atom is 0.422 e. The Labute approximate surface area is 229 Å². The van der Waals surface area contributed by atoms with Crippen LogP contribution in [-0.2, 0) is 6.18 Å². The number of halogens is 14. The Bertz CT molecular complexity index is 1960. The Morgan fingerprint density at radius 1 is 0.488 bits per heavy atom. The minimum absolute atomic E-state index is 0.447. The molecule has 43 heavy (non-hydrogen) atoms. The van der Waals surface area contributed by atoms with E-state index in [2.05, 4.69) is 4.74 Å². The number of hydrogen-bond donors (Lipinski definition) is 0. The van der Waals surface area contributed by atoms with Crippen molar-refractivity contribution in [1.29, 1.82) is 0 Å². The molecule has 5 aromatic rings. The van der Waals surface area contributed by atoms with Gasteiger partial charge in [0.2, 0.25) is 0 Å². The Kier molecular flexibility index (Phi) is 6.97. The number of rotatable bonds is 3. The predicted molar refractivity (Wildman–Crippen MR) is 123 cm³/mol. The third kappa shape index (κ3) is 4.23. The van der Waals surface area contributed by atoms with Gasteiger partial charge in [-0.15, -0.1) is 0 Å². The van der Waals surface area contributed by atoms with Crippen LogP contribution in [0.2, 0.25) is 0 Å². The highest BCUT2D eigenvalue weighted by molar-refractivity contribution is 6.22. The molecule has 0 amide bonds. The van der Waals surface area contributed by atoms with Gasteiger partial charge in [0.05, 0.1) is 18.2 Å². The fraction of sp³-hybridized carbons (Fsp3) is 0.0714. The summed E-state index contributed by atoms with van der Waals surface area (Å²) in [6.07, 6.45) is -6.05. The van der Waals surface area contributed by atoms with Crippen LogP contribution in [0.15, 0.2) is 30.3 Å². The smallest absolute Gasteiger partial charge is 0.422 e. The quantitative estimate of drug-likeness (QED) is 0.0839. The SMILES string of the molecule is COc1cc(F)c(-c2c3cccc(F)c3c(-c3c(F)c(F)c(C(F)(F)F)c(F)c3F)c3c(F)c(F)c(F)c(F)c23)c(F)c1. The maximum absolute atomic E-state index is 15.5. The molecule has 0 unspecified atom stereocenters. The van der Waals surface area contributed by atoms with Gasteiger partial charge in [0.15, 0.2) is 46.5 Å². The fourth-order valence-electron chi connectivity index (χ4n) is 4.86. The highest BCUT2D eigenvalue weighted by Gasteiger charge is 2.43. The lowest BCUT2D eigenvalue weighted by atomic mass is 9.84. The molecule has 0 saturated carbocycles. The first-order chi connectivity index (χ1) is 20.0. The molecule has 5 rings (SSSR count). The van der Waals surface area contributed by atoms with Crippen LogP contribution in [0.25, 0.3) is 43.8 Å². The molecule has 224 valence electrons. The summed E-state index contributed by atoms with van der Waals surface area (Å²) < 4.78 is 210. The second-order valence-corrected chi connectivity index (χ2v) is 8.89. The van der Waals surface area contributed by atoms with Crippen LogP contribution in [-0.4, -0.2) is 7.11 Å². The highest BCUT2D eigenvalue weighted by Crippen LogP contribution is 2.51. The van der Waals surface area contributed by atoms with Crippen LogP contribution < -0.4 is 4.74 Å². The van der Waals surface area contributed by atoms with Crippen LogP contribution in [0.4, 0.5) is 61.5 Å². The number of fused-ring (bicyclic) bond motifs is 2. The van der Waals surface area contributed by atoms with Gasteiger partial charge in [0, 0.05) is 39.4 Å². The second-order valence-electron chi connectivity index (χ2n) is 8.89. The third-order valence-electron chi connectivity index (χ3n) is 6.60. The average molecular weight is 626 g/mol. The van der Waals surface area contributed by atoms with Crippen molar-refractivity contribution < 1.29 is 66.2 Å². The summed E-state index contributed by atoms with van der Waals surface area (Å²) in [6.45, 7) is 0. The molecule has 15 heteroatoms. The van der Waals surface area contributed by atoms with E-state index in [-0.39, 0.29) is 0 Å². The van der Waals surface area contributed by atoms with Gasteiger partial charge in [-0.1, -0.05) is 12.1 Å². The summed E-state index contributed by atoms with van der Waals surface area (Å²) in [6, 6.07) is 2.84. The molecule has 0 fully saturated rings. The van der Waals surface area contributed by atoms with Crippen molar-refractivity contribution in [3.8, 4) is 28.0 Å². The zero-order valence-corrected chi connectivity index (χ0v) is 20.6. The van der Waals surface area contributed by atoms with Crippen LogP contribution in [0.3, 0.4) is 0 Å². The zero-order chi connectivity index (χ0) is 31.9. The standard InChI is InChI=1S/C28H8F14O/c1-43-7-5-10(30)14(11(31)6-7)13-8-3-2-4-9(29)12(8)15(17-16(13)20(32)26(38)27(39)21(17)33)18-22(34)24(36)19(28(40,41)42)25(37)23(18)35/h2-6H,1H3. The molecule has 0 aliphatic rings. The van der Waals surface area contributed by atoms with E-state index in [1.165, 1.54) is 0 Å². The number of benzene rings is 5. The van der Waals surface area contributed by atoms with Crippen molar-refractivity contribution in [2.75, 3.05) is 7.11 Å². The molecule has 0 atom stereocenters. The molecule has 0 aliphatic carbocycles. The van der Waals surface area contributed by atoms with Gasteiger partial charge in [-0.25, -0.2) is 48.3 Å². The first-order valence-electron chi connectivity index (χ1n) is 11.4. The van der Waals surface area contributed by atoms with Crippen molar-refractivity contribution in [1.82, 2.24) is 0 Å². The van der Waals surface area contributed by atoms with Crippen molar-refractivity contribution in [3.05, 3.63) is 99.9 Å². The van der Waals surface area contributed by atoms with Crippen LogP contribution in [0, 0.1) is 64.0 Å². The summed E-state index contributed by atoms with van der Waals surface area (Å²) in [4.78, 5) is 0. The second kappa shape index (κ2) is 10.0. The van der Waals surface area contributed by atoms with Gasteiger partial charge in [0.1, 0.15) is 28.8 Å². The molecule has 0 bridgehead atoms. The minimum Gasteiger partial charge on any atom is -0.497 e. The Morgan fingerprint density at radius 2 is 0.977 bits per heavy atom. The first kappa shape index (κ1) is 29.9. The van der Waals surface area contributed by atoms with Crippen LogP contribution in [0.1, 0.15) is 5.56 Å². The molecule has 0 N–H and O–H groups in total. The lowest BCUT2D eigenvalue weighted by molar-refractivity contribution is -0.143. The molecular formula is C28H8F14O. The van der Waals surface area contributed by atoms with Crippen LogP contribution >= 0.6 is 0 Å². The van der Waals surface area contributed by atoms with E-state index >= 15 is 30.7 Å². The van der Waals surface area contributed by atoms with E-state index in [0.29, 0.717) is 24.3 Å². The maximum atomic E-state index is 15.5. The fourth-order valence-corrected chi connectivity index (χ4v) is 4.86. The molecule has 0 radical (unpaired) electrons. The van der Waals surface area contributed by atoms with Gasteiger partial charge in [-0.05, 0) is 11.5 Å².